The zero-order valence-electron chi connectivity index (χ0n) is 12.3. The first-order valence-corrected chi connectivity index (χ1v) is 7.23. The maximum Gasteiger partial charge on any atom is 0.233 e. The number of oxime groups is 1. The Balaban J connectivity index is 2.67. The highest BCUT2D eigenvalue weighted by atomic mass is 16.4. The molecule has 0 saturated heterocycles. The number of nitrogens with one attached hydrogen (secondary N) is 1. The molecule has 0 bridgehead atoms. The quantitative estimate of drug-likeness (QED) is 0.240. The average Bonchev–Trinajstić information content (AvgIpc) is 2.61. The van der Waals surface area contributed by atoms with Crippen molar-refractivity contribution >= 4 is 11.7 Å². The molecule has 0 aliphatic heterocycles. The van der Waals surface area contributed by atoms with Crippen molar-refractivity contribution in [2.24, 2.45) is 22.2 Å². The SMILES string of the molecule is CCC(C)(C(=O)NC1CCCC(C)CC1)C(N)=NO. The lowest BCUT2D eigenvalue weighted by Gasteiger charge is -2.28. The largest absolute Gasteiger partial charge is 0.409 e. The molecule has 0 heterocycles. The molecule has 4 N–H and O–H groups in total. The number of amidine groups is 1. The summed E-state index contributed by atoms with van der Waals surface area (Å²) >= 11 is 0. The molecule has 5 nitrogen and oxygen atoms in total. The normalized spacial score (nSPS) is 28.3. The fourth-order valence-electron chi connectivity index (χ4n) is 2.54. The molecule has 1 aliphatic rings. The number of carbonyl (C=O) groups excluding carboxylic acids is 1. The van der Waals surface area contributed by atoms with Gasteiger partial charge in [0.2, 0.25) is 5.91 Å². The summed E-state index contributed by atoms with van der Waals surface area (Å²) in [4.78, 5) is 12.4. The monoisotopic (exact) mass is 269 g/mol. The molecular formula is C14H27N3O2. The van der Waals surface area contributed by atoms with Crippen molar-refractivity contribution < 1.29 is 10.0 Å². The van der Waals surface area contributed by atoms with E-state index in [0.29, 0.717) is 6.42 Å². The Morgan fingerprint density at radius 3 is 2.68 bits per heavy atom. The van der Waals surface area contributed by atoms with Gasteiger partial charge in [0.05, 0.1) is 0 Å². The minimum Gasteiger partial charge on any atom is -0.409 e. The molecule has 0 aromatic carbocycles. The molecule has 1 amide bonds. The summed E-state index contributed by atoms with van der Waals surface area (Å²) in [6.07, 6.45) is 6.08. The van der Waals surface area contributed by atoms with Crippen molar-refractivity contribution in [1.82, 2.24) is 5.32 Å². The molecular weight excluding hydrogens is 242 g/mol. The predicted molar refractivity (Wildman–Crippen MR) is 76.0 cm³/mol. The second-order valence-electron chi connectivity index (χ2n) is 5.95. The smallest absolute Gasteiger partial charge is 0.233 e. The average molecular weight is 269 g/mol. The highest BCUT2D eigenvalue weighted by Crippen LogP contribution is 2.25. The van der Waals surface area contributed by atoms with Crippen LogP contribution in [0.2, 0.25) is 0 Å². The number of hydrogen-bond donors (Lipinski definition) is 3. The number of nitrogens with two attached hydrogens (primary N) is 1. The molecule has 5 heteroatoms. The van der Waals surface area contributed by atoms with Crippen LogP contribution in [0.5, 0.6) is 0 Å². The summed E-state index contributed by atoms with van der Waals surface area (Å²) in [5.74, 6) is 0.586. The molecule has 0 spiro atoms. The minimum atomic E-state index is -0.924. The van der Waals surface area contributed by atoms with E-state index >= 15 is 0 Å². The topological polar surface area (TPSA) is 87.7 Å². The lowest BCUT2D eigenvalue weighted by Crippen LogP contribution is -2.50. The zero-order valence-corrected chi connectivity index (χ0v) is 12.3. The van der Waals surface area contributed by atoms with Crippen LogP contribution in [0.3, 0.4) is 0 Å². The van der Waals surface area contributed by atoms with Gasteiger partial charge in [0.15, 0.2) is 5.84 Å². The summed E-state index contributed by atoms with van der Waals surface area (Å²) < 4.78 is 0. The summed E-state index contributed by atoms with van der Waals surface area (Å²) in [6.45, 7) is 5.85. The molecule has 3 atom stereocenters. The molecule has 110 valence electrons. The Bertz CT molecular complexity index is 344. The first kappa shape index (κ1) is 15.8. The Labute approximate surface area is 115 Å². The third-order valence-corrected chi connectivity index (χ3v) is 4.47. The van der Waals surface area contributed by atoms with Gasteiger partial charge in [-0.15, -0.1) is 0 Å². The summed E-state index contributed by atoms with van der Waals surface area (Å²) in [6, 6.07) is 0.217. The number of carbonyl (C=O) groups is 1. The fourth-order valence-corrected chi connectivity index (χ4v) is 2.54. The van der Waals surface area contributed by atoms with Gasteiger partial charge in [0, 0.05) is 6.04 Å². The first-order chi connectivity index (χ1) is 8.93. The zero-order chi connectivity index (χ0) is 14.5. The van der Waals surface area contributed by atoms with E-state index in [1.54, 1.807) is 6.92 Å². The molecule has 0 aromatic rings. The van der Waals surface area contributed by atoms with E-state index in [-0.39, 0.29) is 17.8 Å². The van der Waals surface area contributed by atoms with Crippen LogP contribution in [0.15, 0.2) is 5.16 Å². The van der Waals surface area contributed by atoms with Crippen molar-refractivity contribution in [2.45, 2.75) is 65.3 Å². The first-order valence-electron chi connectivity index (χ1n) is 7.23. The highest BCUT2D eigenvalue weighted by molar-refractivity contribution is 6.06. The summed E-state index contributed by atoms with van der Waals surface area (Å²) in [5, 5.41) is 14.9. The van der Waals surface area contributed by atoms with E-state index < -0.39 is 5.41 Å². The number of amides is 1. The lowest BCUT2D eigenvalue weighted by atomic mass is 9.84. The van der Waals surface area contributed by atoms with Gasteiger partial charge >= 0.3 is 0 Å². The third kappa shape index (κ3) is 3.85. The third-order valence-electron chi connectivity index (χ3n) is 4.47. The van der Waals surface area contributed by atoms with Crippen LogP contribution in [-0.2, 0) is 4.79 Å². The molecule has 0 radical (unpaired) electrons. The lowest BCUT2D eigenvalue weighted by molar-refractivity contribution is -0.128. The van der Waals surface area contributed by atoms with Crippen molar-refractivity contribution in [3.63, 3.8) is 0 Å². The second kappa shape index (κ2) is 6.78. The van der Waals surface area contributed by atoms with E-state index in [2.05, 4.69) is 17.4 Å². The van der Waals surface area contributed by atoms with Crippen LogP contribution in [0.1, 0.15) is 59.3 Å². The number of hydrogen-bond acceptors (Lipinski definition) is 3. The van der Waals surface area contributed by atoms with Crippen LogP contribution in [-0.4, -0.2) is 23.0 Å². The molecule has 1 fully saturated rings. The maximum atomic E-state index is 12.4. The Morgan fingerprint density at radius 1 is 1.42 bits per heavy atom. The predicted octanol–water partition coefficient (Wildman–Crippen LogP) is 2.23. The number of nitrogens with zero attached hydrogens (tertiary/aromatic N) is 1. The van der Waals surface area contributed by atoms with Crippen molar-refractivity contribution in [3.8, 4) is 0 Å². The van der Waals surface area contributed by atoms with E-state index in [0.717, 1.165) is 31.6 Å². The van der Waals surface area contributed by atoms with Crippen LogP contribution >= 0.6 is 0 Å². The Hall–Kier alpha value is -1.26. The van der Waals surface area contributed by atoms with E-state index in [9.17, 15) is 4.79 Å². The van der Waals surface area contributed by atoms with E-state index in [1.165, 1.54) is 6.42 Å². The van der Waals surface area contributed by atoms with Gasteiger partial charge in [-0.3, -0.25) is 4.79 Å². The van der Waals surface area contributed by atoms with E-state index in [1.807, 2.05) is 6.92 Å². The second-order valence-corrected chi connectivity index (χ2v) is 5.95. The molecule has 1 rings (SSSR count). The van der Waals surface area contributed by atoms with E-state index in [4.69, 9.17) is 10.9 Å². The molecule has 1 saturated carbocycles. The van der Waals surface area contributed by atoms with Crippen LogP contribution in [0.4, 0.5) is 0 Å². The van der Waals surface area contributed by atoms with Gasteiger partial charge in [-0.2, -0.15) is 0 Å². The van der Waals surface area contributed by atoms with Crippen LogP contribution < -0.4 is 11.1 Å². The van der Waals surface area contributed by atoms with Gasteiger partial charge in [-0.05, 0) is 38.5 Å². The van der Waals surface area contributed by atoms with Gasteiger partial charge in [-0.25, -0.2) is 0 Å². The fraction of sp³-hybridized carbons (Fsp3) is 0.857. The van der Waals surface area contributed by atoms with Crippen molar-refractivity contribution in [2.75, 3.05) is 0 Å². The van der Waals surface area contributed by atoms with Crippen LogP contribution in [0, 0.1) is 11.3 Å². The van der Waals surface area contributed by atoms with Crippen molar-refractivity contribution in [3.05, 3.63) is 0 Å². The van der Waals surface area contributed by atoms with Gasteiger partial charge in [0.1, 0.15) is 5.41 Å². The Kier molecular flexibility index (Phi) is 5.63. The van der Waals surface area contributed by atoms with Crippen LogP contribution in [0.25, 0.3) is 0 Å². The summed E-state index contributed by atoms with van der Waals surface area (Å²) in [5.41, 5.74) is 4.74. The maximum absolute atomic E-state index is 12.4. The van der Waals surface area contributed by atoms with Gasteiger partial charge in [-0.1, -0.05) is 31.8 Å². The van der Waals surface area contributed by atoms with Gasteiger partial charge in [0.25, 0.3) is 0 Å². The van der Waals surface area contributed by atoms with Crippen molar-refractivity contribution in [1.29, 1.82) is 0 Å². The summed E-state index contributed by atoms with van der Waals surface area (Å²) in [7, 11) is 0. The Morgan fingerprint density at radius 2 is 2.11 bits per heavy atom. The molecule has 0 aromatic heterocycles. The standard InChI is InChI=1S/C14H27N3O2/c1-4-14(3,12(15)17-19)13(18)16-11-7-5-6-10(2)8-9-11/h10-11,19H,4-9H2,1-3H3,(H2,15,17)(H,16,18). The molecule has 19 heavy (non-hydrogen) atoms. The minimum absolute atomic E-state index is 0.0190. The molecule has 3 unspecified atom stereocenters. The number of rotatable bonds is 4. The molecule has 1 aliphatic carbocycles. The van der Waals surface area contributed by atoms with Gasteiger partial charge < -0.3 is 16.3 Å². The highest BCUT2D eigenvalue weighted by Gasteiger charge is 2.37.